The topological polar surface area (TPSA) is 78.0 Å². The quantitative estimate of drug-likeness (QED) is 0.737. The second-order valence-corrected chi connectivity index (χ2v) is 5.86. The Balaban J connectivity index is 1.96. The number of aliphatic hydroxyl groups is 1. The summed E-state index contributed by atoms with van der Waals surface area (Å²) in [6.07, 6.45) is 4.89. The van der Waals surface area contributed by atoms with Gasteiger partial charge in [0.25, 0.3) is 5.91 Å². The summed E-state index contributed by atoms with van der Waals surface area (Å²) < 4.78 is 0. The van der Waals surface area contributed by atoms with E-state index in [-0.39, 0.29) is 12.5 Å². The van der Waals surface area contributed by atoms with Crippen molar-refractivity contribution in [3.05, 3.63) is 17.0 Å². The fourth-order valence-electron chi connectivity index (χ4n) is 2.22. The summed E-state index contributed by atoms with van der Waals surface area (Å²) in [6.45, 7) is 1.97. The van der Waals surface area contributed by atoms with Crippen LogP contribution in [0.15, 0.2) is 0 Å². The lowest BCUT2D eigenvalue weighted by Gasteiger charge is -2.22. The highest BCUT2D eigenvalue weighted by molar-refractivity contribution is 7.98. The lowest BCUT2D eigenvalue weighted by molar-refractivity contribution is 0.0721. The van der Waals surface area contributed by atoms with Crippen LogP contribution in [0.5, 0.6) is 0 Å². The molecule has 2 rings (SSSR count). The van der Waals surface area contributed by atoms with Gasteiger partial charge in [0.15, 0.2) is 5.69 Å². The Hall–Kier alpha value is -1.01. The monoisotopic (exact) mass is 269 g/mol. The lowest BCUT2D eigenvalue weighted by Crippen LogP contribution is -2.42. The third-order valence-electron chi connectivity index (χ3n) is 3.11. The molecular formula is C12H19N3O2S. The average Bonchev–Trinajstić information content (AvgIpc) is 2.87. The van der Waals surface area contributed by atoms with E-state index in [0.29, 0.717) is 11.4 Å². The molecular weight excluding hydrogens is 250 g/mol. The smallest absolute Gasteiger partial charge is 0.272 e. The number of nitrogens with one attached hydrogen (secondary N) is 2. The van der Waals surface area contributed by atoms with Crippen LogP contribution in [0.4, 0.5) is 0 Å². The van der Waals surface area contributed by atoms with Crippen molar-refractivity contribution in [2.45, 2.75) is 31.8 Å². The van der Waals surface area contributed by atoms with Gasteiger partial charge in [-0.2, -0.15) is 16.9 Å². The molecule has 1 aromatic heterocycles. The third kappa shape index (κ3) is 2.87. The molecule has 1 heterocycles. The van der Waals surface area contributed by atoms with E-state index in [1.807, 2.05) is 6.26 Å². The molecule has 100 valence electrons. The minimum Gasteiger partial charge on any atom is -0.387 e. The maximum absolute atomic E-state index is 12.0. The zero-order chi connectivity index (χ0) is 13.2. The van der Waals surface area contributed by atoms with Gasteiger partial charge in [-0.25, -0.2) is 0 Å². The van der Waals surface area contributed by atoms with Crippen molar-refractivity contribution in [1.29, 1.82) is 0 Å². The van der Waals surface area contributed by atoms with E-state index in [1.165, 1.54) is 0 Å². The summed E-state index contributed by atoms with van der Waals surface area (Å²) in [5, 5.41) is 19.7. The van der Waals surface area contributed by atoms with Crippen molar-refractivity contribution in [3.63, 3.8) is 0 Å². The Labute approximate surface area is 111 Å². The molecule has 0 saturated heterocycles. The van der Waals surface area contributed by atoms with Gasteiger partial charge >= 0.3 is 0 Å². The Morgan fingerprint density at radius 3 is 3.11 bits per heavy atom. The summed E-state index contributed by atoms with van der Waals surface area (Å²) in [7, 11) is 0. The number of aromatic nitrogens is 2. The molecule has 1 aliphatic rings. The van der Waals surface area contributed by atoms with Gasteiger partial charge in [0.05, 0.1) is 5.60 Å². The van der Waals surface area contributed by atoms with E-state index >= 15 is 0 Å². The highest BCUT2D eigenvalue weighted by atomic mass is 32.2. The molecule has 0 bridgehead atoms. The normalized spacial score (nSPS) is 17.3. The molecule has 6 heteroatoms. The maximum Gasteiger partial charge on any atom is 0.272 e. The Morgan fingerprint density at radius 2 is 2.39 bits per heavy atom. The Bertz CT molecular complexity index is 443. The van der Waals surface area contributed by atoms with Gasteiger partial charge in [0, 0.05) is 23.6 Å². The number of carbonyl (C=O) groups excluding carboxylic acids is 1. The van der Waals surface area contributed by atoms with Crippen LogP contribution in [0.3, 0.4) is 0 Å². The summed E-state index contributed by atoms with van der Waals surface area (Å²) in [5.41, 5.74) is 1.73. The number of H-pyrrole nitrogens is 1. The molecule has 1 unspecified atom stereocenters. The summed E-state index contributed by atoms with van der Waals surface area (Å²) in [6, 6.07) is 0. The first kappa shape index (κ1) is 13.4. The average molecular weight is 269 g/mol. The summed E-state index contributed by atoms with van der Waals surface area (Å²) >= 11 is 1.55. The van der Waals surface area contributed by atoms with E-state index in [2.05, 4.69) is 15.5 Å². The molecule has 0 fully saturated rings. The second kappa shape index (κ2) is 5.32. The number of nitrogens with zero attached hydrogens (tertiary/aromatic N) is 1. The molecule has 1 aliphatic carbocycles. The van der Waals surface area contributed by atoms with Crippen molar-refractivity contribution < 1.29 is 9.90 Å². The fourth-order valence-corrected chi connectivity index (χ4v) is 2.95. The van der Waals surface area contributed by atoms with Crippen LogP contribution in [-0.4, -0.2) is 45.4 Å². The molecule has 18 heavy (non-hydrogen) atoms. The molecule has 5 nitrogen and oxygen atoms in total. The molecule has 0 saturated carbocycles. The molecule has 1 atom stereocenters. The molecule has 0 aliphatic heterocycles. The van der Waals surface area contributed by atoms with E-state index in [9.17, 15) is 9.90 Å². The molecule has 0 radical (unpaired) electrons. The molecule has 3 N–H and O–H groups in total. The molecule has 0 aromatic carbocycles. The summed E-state index contributed by atoms with van der Waals surface area (Å²) in [5.74, 6) is 0.391. The minimum absolute atomic E-state index is 0.198. The van der Waals surface area contributed by atoms with Crippen LogP contribution >= 0.6 is 11.8 Å². The second-order valence-electron chi connectivity index (χ2n) is 5.00. The van der Waals surface area contributed by atoms with Gasteiger partial charge in [0.2, 0.25) is 0 Å². The van der Waals surface area contributed by atoms with Crippen molar-refractivity contribution >= 4 is 17.7 Å². The third-order valence-corrected chi connectivity index (χ3v) is 4.02. The van der Waals surface area contributed by atoms with Gasteiger partial charge in [-0.05, 0) is 32.4 Å². The number of rotatable bonds is 5. The van der Waals surface area contributed by atoms with Gasteiger partial charge < -0.3 is 10.4 Å². The predicted octanol–water partition coefficient (Wildman–Crippen LogP) is 0.742. The first-order valence-electron chi connectivity index (χ1n) is 6.09. The fraction of sp³-hybridized carbons (Fsp3) is 0.667. The van der Waals surface area contributed by atoms with E-state index < -0.39 is 5.60 Å². The highest BCUT2D eigenvalue weighted by Gasteiger charge is 2.25. The van der Waals surface area contributed by atoms with Crippen LogP contribution in [0.1, 0.15) is 35.1 Å². The van der Waals surface area contributed by atoms with Crippen LogP contribution < -0.4 is 5.32 Å². The van der Waals surface area contributed by atoms with Gasteiger partial charge in [-0.1, -0.05) is 0 Å². The van der Waals surface area contributed by atoms with Crippen LogP contribution in [0.25, 0.3) is 0 Å². The van der Waals surface area contributed by atoms with Gasteiger partial charge in [-0.3, -0.25) is 9.89 Å². The summed E-state index contributed by atoms with van der Waals surface area (Å²) in [4.78, 5) is 12.0. The van der Waals surface area contributed by atoms with E-state index in [1.54, 1.807) is 18.7 Å². The number of fused-ring (bicyclic) bond motifs is 1. The van der Waals surface area contributed by atoms with Crippen molar-refractivity contribution in [3.8, 4) is 0 Å². The number of carbonyl (C=O) groups is 1. The number of aromatic amines is 1. The Kier molecular flexibility index (Phi) is 3.97. The van der Waals surface area contributed by atoms with Crippen LogP contribution in [-0.2, 0) is 12.8 Å². The number of thioether (sulfide) groups is 1. The molecule has 0 spiro atoms. The van der Waals surface area contributed by atoms with E-state index in [4.69, 9.17) is 0 Å². The van der Waals surface area contributed by atoms with Crippen LogP contribution in [0.2, 0.25) is 0 Å². The number of aryl methyl sites for hydroxylation is 1. The first-order chi connectivity index (χ1) is 8.53. The highest BCUT2D eigenvalue weighted by Crippen LogP contribution is 2.22. The zero-order valence-corrected chi connectivity index (χ0v) is 11.6. The van der Waals surface area contributed by atoms with Gasteiger partial charge in [0.1, 0.15) is 0 Å². The SMILES string of the molecule is CSCC(C)(O)CNC(=O)c1n[nH]c2c1CCC2. The number of hydrogen-bond donors (Lipinski definition) is 3. The predicted molar refractivity (Wildman–Crippen MR) is 72.0 cm³/mol. The Morgan fingerprint density at radius 1 is 1.61 bits per heavy atom. The lowest BCUT2D eigenvalue weighted by atomic mass is 10.1. The maximum atomic E-state index is 12.0. The zero-order valence-electron chi connectivity index (χ0n) is 10.7. The minimum atomic E-state index is -0.880. The molecule has 1 amide bonds. The molecule has 1 aromatic rings. The van der Waals surface area contributed by atoms with Crippen LogP contribution in [0, 0.1) is 0 Å². The van der Waals surface area contributed by atoms with Crippen molar-refractivity contribution in [2.24, 2.45) is 0 Å². The van der Waals surface area contributed by atoms with E-state index in [0.717, 1.165) is 30.5 Å². The number of hydrogen-bond acceptors (Lipinski definition) is 4. The standard InChI is InChI=1S/C12H19N3O2S/c1-12(17,7-18-2)6-13-11(16)10-8-4-3-5-9(8)14-15-10/h17H,3-7H2,1-2H3,(H,13,16)(H,14,15). The van der Waals surface area contributed by atoms with Gasteiger partial charge in [-0.15, -0.1) is 0 Å². The first-order valence-corrected chi connectivity index (χ1v) is 7.48. The van der Waals surface area contributed by atoms with Crippen molar-refractivity contribution in [1.82, 2.24) is 15.5 Å². The van der Waals surface area contributed by atoms with Crippen molar-refractivity contribution in [2.75, 3.05) is 18.6 Å². The number of amides is 1. The largest absolute Gasteiger partial charge is 0.387 e.